The third-order valence-corrected chi connectivity index (χ3v) is 8.58. The quantitative estimate of drug-likeness (QED) is 0.0984. The summed E-state index contributed by atoms with van der Waals surface area (Å²) in [6.45, 7) is 2.82. The summed E-state index contributed by atoms with van der Waals surface area (Å²) in [4.78, 5) is 27.4. The Balaban J connectivity index is 1.26. The molecule has 0 aromatic heterocycles. The van der Waals surface area contributed by atoms with E-state index in [9.17, 15) is 24.9 Å². The maximum atomic E-state index is 13.9. The summed E-state index contributed by atoms with van der Waals surface area (Å²) in [6, 6.07) is 38.2. The third-order valence-electron chi connectivity index (χ3n) is 8.58. The number of phenols is 1. The molecule has 0 aliphatic carbocycles. The number of nitrogens with zero attached hydrogens (tertiary/aromatic N) is 1. The Hall–Kier alpha value is -5.28. The molecule has 0 saturated carbocycles. The van der Waals surface area contributed by atoms with Gasteiger partial charge in [0.05, 0.1) is 19.1 Å². The van der Waals surface area contributed by atoms with Gasteiger partial charge in [-0.2, -0.15) is 0 Å². The van der Waals surface area contributed by atoms with Gasteiger partial charge >= 0.3 is 0 Å². The molecule has 0 aliphatic rings. The first-order valence-corrected chi connectivity index (χ1v) is 16.4. The van der Waals surface area contributed by atoms with Crippen molar-refractivity contribution in [1.82, 2.24) is 10.2 Å². The van der Waals surface area contributed by atoms with E-state index in [0.29, 0.717) is 42.7 Å². The van der Waals surface area contributed by atoms with Crippen molar-refractivity contribution in [3.05, 3.63) is 160 Å². The fourth-order valence-corrected chi connectivity index (χ4v) is 5.88. The van der Waals surface area contributed by atoms with Crippen molar-refractivity contribution in [2.24, 2.45) is 5.73 Å². The molecule has 5 rings (SSSR count). The second kappa shape index (κ2) is 16.7. The molecule has 0 fully saturated rings. The lowest BCUT2D eigenvalue weighted by atomic mass is 10.0. The molecule has 0 unspecified atom stereocenters. The van der Waals surface area contributed by atoms with E-state index in [0.717, 1.165) is 33.4 Å². The molecule has 0 heterocycles. The summed E-state index contributed by atoms with van der Waals surface area (Å²) in [5.74, 6) is -0.518. The van der Waals surface area contributed by atoms with E-state index >= 15 is 0 Å². The molecule has 0 aliphatic heterocycles. The van der Waals surface area contributed by atoms with E-state index in [1.807, 2.05) is 72.5 Å². The van der Waals surface area contributed by atoms with Crippen molar-refractivity contribution in [3.8, 4) is 16.9 Å². The molecule has 252 valence electrons. The highest BCUT2D eigenvalue weighted by Crippen LogP contribution is 2.24. The molecule has 8 heteroatoms. The molecule has 0 saturated heterocycles. The predicted molar refractivity (Wildman–Crippen MR) is 191 cm³/mol. The number of nitrogens with one attached hydrogen (secondary N) is 1. The first-order valence-electron chi connectivity index (χ1n) is 16.4. The molecule has 2 atom stereocenters. The molecular weight excluding hydrogens is 614 g/mol. The standard InChI is InChI=1S/C41H43N3O5/c1-28(43-24-39(47)36-17-18-38(46)37(23-36)27-45)19-30-7-5-8-31(20-30)22-40(48)44(25-29-13-15-34(16-14-29)41(42)49)26-32-9-6-12-35(21-32)33-10-3-2-4-11-33/h2-18,20-21,23,28,39,43,45-47H,19,22,24-27H2,1H3,(H2,42,49)/t28-,39+/m1/s1. The second-order valence-corrected chi connectivity index (χ2v) is 12.4. The molecule has 5 aromatic rings. The van der Waals surface area contributed by atoms with Crippen LogP contribution in [-0.4, -0.2) is 44.6 Å². The predicted octanol–water partition coefficient (Wildman–Crippen LogP) is 5.68. The number of hydrogen-bond acceptors (Lipinski definition) is 6. The molecular formula is C41H43N3O5. The lowest BCUT2D eigenvalue weighted by Gasteiger charge is -2.24. The smallest absolute Gasteiger partial charge is 0.248 e. The van der Waals surface area contributed by atoms with Crippen LogP contribution in [-0.2, 0) is 37.3 Å². The summed E-state index contributed by atoms with van der Waals surface area (Å²) in [6.07, 6.45) is 0.109. The average Bonchev–Trinajstić information content (AvgIpc) is 3.11. The van der Waals surface area contributed by atoms with Crippen molar-refractivity contribution >= 4 is 11.8 Å². The number of aromatic hydroxyl groups is 1. The summed E-state index contributed by atoms with van der Waals surface area (Å²) >= 11 is 0. The van der Waals surface area contributed by atoms with Gasteiger partial charge in [0.25, 0.3) is 0 Å². The lowest BCUT2D eigenvalue weighted by Crippen LogP contribution is -2.32. The van der Waals surface area contributed by atoms with Crippen molar-refractivity contribution in [2.75, 3.05) is 6.54 Å². The van der Waals surface area contributed by atoms with Gasteiger partial charge < -0.3 is 31.3 Å². The van der Waals surface area contributed by atoms with Crippen molar-refractivity contribution in [1.29, 1.82) is 0 Å². The third kappa shape index (κ3) is 9.87. The number of rotatable bonds is 15. The Morgan fingerprint density at radius 3 is 2.16 bits per heavy atom. The van der Waals surface area contributed by atoms with Crippen LogP contribution in [0.15, 0.2) is 121 Å². The fourth-order valence-electron chi connectivity index (χ4n) is 5.88. The van der Waals surface area contributed by atoms with Gasteiger partial charge in [0.15, 0.2) is 0 Å². The zero-order valence-corrected chi connectivity index (χ0v) is 27.6. The molecule has 0 radical (unpaired) electrons. The van der Waals surface area contributed by atoms with Crippen molar-refractivity contribution < 1.29 is 24.9 Å². The molecule has 0 spiro atoms. The van der Waals surface area contributed by atoms with Crippen molar-refractivity contribution in [2.45, 2.75) is 51.6 Å². The lowest BCUT2D eigenvalue weighted by molar-refractivity contribution is -0.131. The van der Waals surface area contributed by atoms with Crippen LogP contribution in [0.25, 0.3) is 11.1 Å². The highest BCUT2D eigenvalue weighted by molar-refractivity contribution is 5.92. The summed E-state index contributed by atoms with van der Waals surface area (Å²) in [5, 5.41) is 33.3. The zero-order chi connectivity index (χ0) is 34.8. The SMILES string of the molecule is C[C@H](Cc1cccc(CC(=O)N(Cc2ccc(C(N)=O)cc2)Cc2cccc(-c3ccccc3)c2)c1)NC[C@H](O)c1ccc(O)c(CO)c1. The van der Waals surface area contributed by atoms with Crippen LogP contribution < -0.4 is 11.1 Å². The largest absolute Gasteiger partial charge is 0.508 e. The van der Waals surface area contributed by atoms with E-state index in [1.54, 1.807) is 24.3 Å². The Morgan fingerprint density at radius 2 is 1.43 bits per heavy atom. The maximum Gasteiger partial charge on any atom is 0.248 e. The van der Waals surface area contributed by atoms with Crippen LogP contribution in [0.5, 0.6) is 5.75 Å². The van der Waals surface area contributed by atoms with Crippen LogP contribution in [0.1, 0.15) is 56.8 Å². The maximum absolute atomic E-state index is 13.9. The van der Waals surface area contributed by atoms with E-state index in [4.69, 9.17) is 5.73 Å². The highest BCUT2D eigenvalue weighted by atomic mass is 16.3. The van der Waals surface area contributed by atoms with E-state index < -0.39 is 12.0 Å². The Kier molecular flexibility index (Phi) is 11.9. The number of amides is 2. The number of carbonyl (C=O) groups excluding carboxylic acids is 2. The fraction of sp³-hybridized carbons (Fsp3) is 0.220. The zero-order valence-electron chi connectivity index (χ0n) is 27.6. The van der Waals surface area contributed by atoms with Gasteiger partial charge in [0.2, 0.25) is 11.8 Å². The van der Waals surface area contributed by atoms with E-state index in [1.165, 1.54) is 6.07 Å². The monoisotopic (exact) mass is 657 g/mol. The van der Waals surface area contributed by atoms with Gasteiger partial charge in [-0.05, 0) is 82.6 Å². The summed E-state index contributed by atoms with van der Waals surface area (Å²) in [7, 11) is 0. The van der Waals surface area contributed by atoms with Crippen LogP contribution >= 0.6 is 0 Å². The molecule has 6 N–H and O–H groups in total. The second-order valence-electron chi connectivity index (χ2n) is 12.4. The van der Waals surface area contributed by atoms with Gasteiger partial charge in [-0.25, -0.2) is 0 Å². The number of aliphatic hydroxyl groups is 2. The summed E-state index contributed by atoms with van der Waals surface area (Å²) in [5.41, 5.74) is 12.9. The van der Waals surface area contributed by atoms with Gasteiger partial charge in [-0.3, -0.25) is 9.59 Å². The van der Waals surface area contributed by atoms with Gasteiger partial charge in [0, 0.05) is 36.8 Å². The number of primary amides is 1. The minimum atomic E-state index is -0.802. The summed E-state index contributed by atoms with van der Waals surface area (Å²) < 4.78 is 0. The van der Waals surface area contributed by atoms with Crippen LogP contribution in [0.4, 0.5) is 0 Å². The Bertz CT molecular complexity index is 1860. The number of carbonyl (C=O) groups is 2. The van der Waals surface area contributed by atoms with Crippen molar-refractivity contribution in [3.63, 3.8) is 0 Å². The molecule has 49 heavy (non-hydrogen) atoms. The van der Waals surface area contributed by atoms with Gasteiger partial charge in [-0.1, -0.05) is 91.0 Å². The number of nitrogens with two attached hydrogens (primary N) is 1. The van der Waals surface area contributed by atoms with Gasteiger partial charge in [-0.15, -0.1) is 0 Å². The Labute approximate surface area is 287 Å². The number of benzene rings is 5. The van der Waals surface area contributed by atoms with E-state index in [-0.39, 0.29) is 30.7 Å². The number of aliphatic hydroxyl groups excluding tert-OH is 2. The molecule has 0 bridgehead atoms. The van der Waals surface area contributed by atoms with Gasteiger partial charge in [0.1, 0.15) is 5.75 Å². The minimum absolute atomic E-state index is 0.00242. The van der Waals surface area contributed by atoms with Crippen LogP contribution in [0.3, 0.4) is 0 Å². The van der Waals surface area contributed by atoms with E-state index in [2.05, 4.69) is 35.6 Å². The Morgan fingerprint density at radius 1 is 0.755 bits per heavy atom. The molecule has 5 aromatic carbocycles. The normalized spacial score (nSPS) is 12.3. The van der Waals surface area contributed by atoms with Crippen LogP contribution in [0, 0.1) is 0 Å². The molecule has 8 nitrogen and oxygen atoms in total. The average molecular weight is 658 g/mol. The highest BCUT2D eigenvalue weighted by Gasteiger charge is 2.18. The topological polar surface area (TPSA) is 136 Å². The van der Waals surface area contributed by atoms with Crippen LogP contribution in [0.2, 0.25) is 0 Å². The number of hydrogen-bond donors (Lipinski definition) is 5. The first kappa shape index (κ1) is 35.0. The minimum Gasteiger partial charge on any atom is -0.508 e. The first-order chi connectivity index (χ1) is 23.7. The molecule has 2 amide bonds.